The minimum Gasteiger partial charge on any atom is -0.473 e. The largest absolute Gasteiger partial charge is 0.473 e. The van der Waals surface area contributed by atoms with Crippen LogP contribution in [-0.2, 0) is 98.1 Å². The molecule has 0 aromatic carbocycles. The smallest absolute Gasteiger partial charge is 0 e. The second-order valence-electron chi connectivity index (χ2n) is 0.604. The molecule has 1 nitrogen and oxygen atoms in total. The molecule has 10 heavy (non-hydrogen) atoms. The summed E-state index contributed by atoms with van der Waals surface area (Å²) < 4.78 is 0. The van der Waals surface area contributed by atoms with Gasteiger partial charge >= 0.3 is 0 Å². The van der Waals surface area contributed by atoms with Gasteiger partial charge in [-0.3, -0.25) is 7.05 Å². The van der Waals surface area contributed by atoms with Crippen molar-refractivity contribution in [3.8, 4) is 0 Å². The Labute approximate surface area is 143 Å². The molecule has 0 saturated heterocycles. The standard InChI is InChI=1S/C3H8N.3CH3.3Y/c1-3-4-2;;;;;;/h4H,2-3H2,1H3;3*1H3;;;/q4*-1;;;. The fourth-order valence-electron chi connectivity index (χ4n) is 0. The molecule has 0 aliphatic rings. The molecule has 1 N–H and O–H groups in total. The van der Waals surface area contributed by atoms with Crippen LogP contribution in [0.15, 0.2) is 0 Å². The SMILES string of the molecule is [CH2-]NCC.[CH3-].[CH3-].[CH3-].[Y].[Y].[Y]. The van der Waals surface area contributed by atoms with Crippen molar-refractivity contribution in [2.24, 2.45) is 0 Å². The molecule has 0 bridgehead atoms. The summed E-state index contributed by atoms with van der Waals surface area (Å²) in [6.07, 6.45) is 0. The third-order valence-corrected chi connectivity index (χ3v) is 0.250. The zero-order chi connectivity index (χ0) is 3.41. The van der Waals surface area contributed by atoms with Gasteiger partial charge in [-0.15, -0.1) is 0 Å². The van der Waals surface area contributed by atoms with Crippen LogP contribution in [0.25, 0.3) is 0 Å². The summed E-state index contributed by atoms with van der Waals surface area (Å²) in [5.41, 5.74) is 0. The Morgan fingerprint density at radius 3 is 1.10 bits per heavy atom. The second kappa shape index (κ2) is 56.1. The quantitative estimate of drug-likeness (QED) is 0.694. The molecular formula is C6H17NY3-4. The van der Waals surface area contributed by atoms with Crippen molar-refractivity contribution in [3.05, 3.63) is 29.3 Å². The molecule has 0 spiro atoms. The molecule has 0 fully saturated rings. The first-order chi connectivity index (χ1) is 1.91. The van der Waals surface area contributed by atoms with Crippen LogP contribution in [0, 0.1) is 29.3 Å². The van der Waals surface area contributed by atoms with Crippen LogP contribution in [0.2, 0.25) is 0 Å². The van der Waals surface area contributed by atoms with Crippen molar-refractivity contribution in [3.63, 3.8) is 0 Å². The molecule has 0 rings (SSSR count). The topological polar surface area (TPSA) is 12.0 Å². The fourth-order valence-corrected chi connectivity index (χ4v) is 0. The molecule has 0 aliphatic carbocycles. The molecular weight excluding hydrogens is 353 g/mol. The van der Waals surface area contributed by atoms with Crippen LogP contribution in [0.4, 0.5) is 0 Å². The Morgan fingerprint density at radius 1 is 1.00 bits per heavy atom. The van der Waals surface area contributed by atoms with Gasteiger partial charge in [0.1, 0.15) is 0 Å². The molecule has 0 unspecified atom stereocenters. The van der Waals surface area contributed by atoms with E-state index < -0.39 is 0 Å². The first-order valence-electron chi connectivity index (χ1n) is 1.41. The third-order valence-electron chi connectivity index (χ3n) is 0.250. The van der Waals surface area contributed by atoms with E-state index in [0.29, 0.717) is 0 Å². The van der Waals surface area contributed by atoms with Crippen molar-refractivity contribution in [2.75, 3.05) is 6.54 Å². The predicted octanol–water partition coefficient (Wildman–Crippen LogP) is 1.73. The van der Waals surface area contributed by atoms with Crippen molar-refractivity contribution >= 4 is 0 Å². The van der Waals surface area contributed by atoms with E-state index in [9.17, 15) is 0 Å². The maximum absolute atomic E-state index is 3.35. The van der Waals surface area contributed by atoms with Crippen molar-refractivity contribution < 1.29 is 98.1 Å². The normalized spacial score (nSPS) is 3.00. The molecule has 3 radical (unpaired) electrons. The summed E-state index contributed by atoms with van der Waals surface area (Å²) >= 11 is 0. The van der Waals surface area contributed by atoms with Crippen molar-refractivity contribution in [1.82, 2.24) is 5.32 Å². The number of hydrogen-bond donors (Lipinski definition) is 1. The molecule has 0 amide bonds. The fraction of sp³-hybridized carbons (Fsp3) is 0.333. The first-order valence-corrected chi connectivity index (χ1v) is 1.41. The van der Waals surface area contributed by atoms with Gasteiger partial charge in [-0.2, -0.15) is 0 Å². The van der Waals surface area contributed by atoms with Gasteiger partial charge in [0.15, 0.2) is 0 Å². The Hall–Kier alpha value is 3.27. The van der Waals surface area contributed by atoms with Crippen molar-refractivity contribution in [1.29, 1.82) is 0 Å². The maximum atomic E-state index is 3.35. The van der Waals surface area contributed by atoms with Crippen molar-refractivity contribution in [2.45, 2.75) is 6.92 Å². The average molecular weight is 370 g/mol. The van der Waals surface area contributed by atoms with Crippen LogP contribution < -0.4 is 5.32 Å². The molecule has 0 saturated carbocycles. The van der Waals surface area contributed by atoms with E-state index in [1.165, 1.54) is 0 Å². The predicted molar refractivity (Wildman–Crippen MR) is 38.3 cm³/mol. The van der Waals surface area contributed by atoms with Crippen LogP contribution in [0.5, 0.6) is 0 Å². The zero-order valence-electron chi connectivity index (χ0n) is 7.65. The van der Waals surface area contributed by atoms with Crippen LogP contribution in [0.1, 0.15) is 6.92 Å². The van der Waals surface area contributed by atoms with E-state index in [4.69, 9.17) is 0 Å². The summed E-state index contributed by atoms with van der Waals surface area (Å²) in [6, 6.07) is 0. The maximum Gasteiger partial charge on any atom is 0 e. The average Bonchev–Trinajstić information content (AvgIpc) is 1.37. The number of nitrogens with one attached hydrogen (secondary N) is 1. The number of rotatable bonds is 1. The van der Waals surface area contributed by atoms with Gasteiger partial charge in [-0.1, -0.05) is 6.92 Å². The third kappa shape index (κ3) is 65.2. The zero-order valence-corrected chi connectivity index (χ0v) is 16.2. The summed E-state index contributed by atoms with van der Waals surface area (Å²) in [6.45, 7) is 2.97. The molecule has 0 aliphatic heterocycles. The molecule has 4 heteroatoms. The Bertz CT molecular complexity index is 15.0. The molecule has 0 aromatic heterocycles. The minimum absolute atomic E-state index is 0. The molecule has 0 atom stereocenters. The minimum atomic E-state index is 0. The van der Waals surface area contributed by atoms with Gasteiger partial charge in [0.2, 0.25) is 0 Å². The summed E-state index contributed by atoms with van der Waals surface area (Å²) in [4.78, 5) is 0. The summed E-state index contributed by atoms with van der Waals surface area (Å²) in [7, 11) is 3.35. The molecule has 0 aromatic rings. The monoisotopic (exact) mass is 370 g/mol. The van der Waals surface area contributed by atoms with Gasteiger partial charge in [0.25, 0.3) is 0 Å². The molecule has 59 valence electrons. The van der Waals surface area contributed by atoms with E-state index in [2.05, 4.69) is 12.4 Å². The van der Waals surface area contributed by atoms with E-state index in [1.54, 1.807) is 0 Å². The van der Waals surface area contributed by atoms with E-state index >= 15 is 0 Å². The Balaban J connectivity index is -0.00000000300. The summed E-state index contributed by atoms with van der Waals surface area (Å²) in [5.74, 6) is 0. The van der Waals surface area contributed by atoms with Gasteiger partial charge in [-0.05, 0) is 6.54 Å². The van der Waals surface area contributed by atoms with Crippen LogP contribution >= 0.6 is 0 Å². The first kappa shape index (κ1) is 50.8. The number of hydrogen-bond acceptors (Lipinski definition) is 1. The van der Waals surface area contributed by atoms with Gasteiger partial charge in [0, 0.05) is 98.1 Å². The van der Waals surface area contributed by atoms with Crippen LogP contribution in [0.3, 0.4) is 0 Å². The van der Waals surface area contributed by atoms with Crippen LogP contribution in [-0.4, -0.2) is 6.54 Å². The van der Waals surface area contributed by atoms with Gasteiger partial charge < -0.3 is 27.6 Å². The van der Waals surface area contributed by atoms with E-state index in [1.807, 2.05) is 6.92 Å². The molecule has 0 heterocycles. The van der Waals surface area contributed by atoms with Gasteiger partial charge in [-0.25, -0.2) is 0 Å². The van der Waals surface area contributed by atoms with E-state index in [-0.39, 0.29) is 120 Å². The summed E-state index contributed by atoms with van der Waals surface area (Å²) in [5, 5.41) is 2.68. The van der Waals surface area contributed by atoms with Gasteiger partial charge in [0.05, 0.1) is 0 Å². The van der Waals surface area contributed by atoms with E-state index in [0.717, 1.165) is 6.54 Å². The Morgan fingerprint density at radius 2 is 1.10 bits per heavy atom. The Kier molecular flexibility index (Phi) is 285. The second-order valence-corrected chi connectivity index (χ2v) is 0.604.